The van der Waals surface area contributed by atoms with Crippen LogP contribution in [0.2, 0.25) is 0 Å². The van der Waals surface area contributed by atoms with Crippen LogP contribution in [0.1, 0.15) is 12.8 Å². The Kier molecular flexibility index (Phi) is 5.57. The van der Waals surface area contributed by atoms with Gasteiger partial charge in [0.2, 0.25) is 0 Å². The maximum absolute atomic E-state index is 12.5. The third-order valence-electron chi connectivity index (χ3n) is 5.17. The smallest absolute Gasteiger partial charge is 0.530 e. The van der Waals surface area contributed by atoms with Crippen molar-refractivity contribution in [2.45, 2.75) is 19.2 Å². The molecule has 1 amide bonds. The van der Waals surface area contributed by atoms with Crippen molar-refractivity contribution in [2.75, 3.05) is 25.0 Å². The van der Waals surface area contributed by atoms with E-state index in [4.69, 9.17) is 0 Å². The Balaban J connectivity index is 1.48. The molecular formula is C20H19F3N5O3-. The Labute approximate surface area is 175 Å². The van der Waals surface area contributed by atoms with E-state index in [-0.39, 0.29) is 5.75 Å². The molecule has 0 spiro atoms. The average Bonchev–Trinajstić information content (AvgIpc) is 3.15. The number of hydrogen-bond acceptors (Lipinski definition) is 6. The molecule has 1 fully saturated rings. The lowest BCUT2D eigenvalue weighted by molar-refractivity contribution is -0.274. The Bertz CT molecular complexity index is 1080. The van der Waals surface area contributed by atoms with E-state index in [1.165, 1.54) is 29.3 Å². The van der Waals surface area contributed by atoms with Crippen LogP contribution in [0.5, 0.6) is 5.75 Å². The van der Waals surface area contributed by atoms with Gasteiger partial charge in [-0.05, 0) is 43.0 Å². The molecular weight excluding hydrogens is 415 g/mol. The zero-order valence-corrected chi connectivity index (χ0v) is 16.3. The van der Waals surface area contributed by atoms with Gasteiger partial charge in [-0.2, -0.15) is 0 Å². The summed E-state index contributed by atoms with van der Waals surface area (Å²) in [7, 11) is 0. The van der Waals surface area contributed by atoms with Crippen LogP contribution in [-0.2, 0) is 0 Å². The van der Waals surface area contributed by atoms with E-state index < -0.39 is 12.5 Å². The van der Waals surface area contributed by atoms with Crippen LogP contribution in [-0.4, -0.2) is 51.6 Å². The molecule has 0 atom stereocenters. The highest BCUT2D eigenvalue weighted by atomic mass is 19.4. The molecule has 3 aromatic rings. The fraction of sp³-hybridized carbons (Fsp3) is 0.350. The standard InChI is InChI=1S/C20H20F3N5O3/c21-20(22,23)31-15-3-1-2-14(10-15)16-12-25-18-5-4-17(26-28(16)18)24-11-13-6-8-27(9-7-13)19(29)30/h1-5,10,12-13H,6-9,11H2,(H,24,26)(H,29,30)/p-1. The quantitative estimate of drug-likeness (QED) is 0.664. The number of carbonyl (C=O) groups is 1. The number of fused-ring (bicyclic) bond motifs is 1. The lowest BCUT2D eigenvalue weighted by Crippen LogP contribution is -2.46. The van der Waals surface area contributed by atoms with Crippen LogP contribution in [0, 0.1) is 5.92 Å². The van der Waals surface area contributed by atoms with E-state index in [1.54, 1.807) is 22.7 Å². The first-order chi connectivity index (χ1) is 14.8. The molecule has 1 aliphatic heterocycles. The van der Waals surface area contributed by atoms with Crippen molar-refractivity contribution in [3.63, 3.8) is 0 Å². The van der Waals surface area contributed by atoms with Crippen molar-refractivity contribution in [1.82, 2.24) is 19.5 Å². The molecule has 2 aromatic heterocycles. The molecule has 0 radical (unpaired) electrons. The van der Waals surface area contributed by atoms with Gasteiger partial charge in [0.15, 0.2) is 5.65 Å². The number of alkyl halides is 3. The molecule has 8 nitrogen and oxygen atoms in total. The summed E-state index contributed by atoms with van der Waals surface area (Å²) in [6.45, 7) is 1.52. The van der Waals surface area contributed by atoms with Gasteiger partial charge in [0.25, 0.3) is 0 Å². The van der Waals surface area contributed by atoms with E-state index in [0.717, 1.165) is 12.8 Å². The van der Waals surface area contributed by atoms with Crippen LogP contribution >= 0.6 is 0 Å². The zero-order valence-electron chi connectivity index (χ0n) is 16.3. The molecule has 1 saturated heterocycles. The van der Waals surface area contributed by atoms with Crippen molar-refractivity contribution in [3.05, 3.63) is 42.6 Å². The van der Waals surface area contributed by atoms with Gasteiger partial charge in [0.05, 0.1) is 11.9 Å². The number of ether oxygens (including phenoxy) is 1. The number of imidazole rings is 1. The fourth-order valence-electron chi connectivity index (χ4n) is 3.59. The molecule has 1 aromatic carbocycles. The third kappa shape index (κ3) is 4.98. The van der Waals surface area contributed by atoms with Gasteiger partial charge >= 0.3 is 6.36 Å². The van der Waals surface area contributed by atoms with E-state index in [0.29, 0.717) is 48.3 Å². The first-order valence-corrected chi connectivity index (χ1v) is 9.69. The summed E-state index contributed by atoms with van der Waals surface area (Å²) in [5, 5.41) is 18.7. The summed E-state index contributed by atoms with van der Waals surface area (Å²) >= 11 is 0. The number of anilines is 1. The first-order valence-electron chi connectivity index (χ1n) is 9.69. The Morgan fingerprint density at radius 2 is 2.00 bits per heavy atom. The number of hydrogen-bond donors (Lipinski definition) is 1. The second-order valence-corrected chi connectivity index (χ2v) is 7.28. The first kappa shape index (κ1) is 20.8. The molecule has 31 heavy (non-hydrogen) atoms. The molecule has 3 heterocycles. The molecule has 11 heteroatoms. The number of carbonyl (C=O) groups excluding carboxylic acids is 1. The Morgan fingerprint density at radius 3 is 2.71 bits per heavy atom. The largest absolute Gasteiger partial charge is 0.573 e. The summed E-state index contributed by atoms with van der Waals surface area (Å²) < 4.78 is 43.1. The van der Waals surface area contributed by atoms with Gasteiger partial charge in [0, 0.05) is 25.2 Å². The highest BCUT2D eigenvalue weighted by molar-refractivity contribution is 5.65. The van der Waals surface area contributed by atoms with Crippen molar-refractivity contribution in [2.24, 2.45) is 5.92 Å². The lowest BCUT2D eigenvalue weighted by Gasteiger charge is -2.33. The SMILES string of the molecule is O=C([O-])N1CCC(CNc2ccc3ncc(-c4cccc(OC(F)(F)F)c4)n3n2)CC1. The molecule has 4 rings (SSSR count). The van der Waals surface area contributed by atoms with E-state index in [2.05, 4.69) is 20.1 Å². The van der Waals surface area contributed by atoms with Crippen molar-refractivity contribution < 1.29 is 27.8 Å². The van der Waals surface area contributed by atoms with Crippen molar-refractivity contribution in [3.8, 4) is 17.0 Å². The topological polar surface area (TPSA) is 94.8 Å². The summed E-state index contributed by atoms with van der Waals surface area (Å²) in [6, 6.07) is 9.16. The van der Waals surface area contributed by atoms with Crippen LogP contribution < -0.4 is 15.2 Å². The minimum Gasteiger partial charge on any atom is -0.530 e. The van der Waals surface area contributed by atoms with Gasteiger partial charge in [-0.25, -0.2) is 9.50 Å². The summed E-state index contributed by atoms with van der Waals surface area (Å²) in [6.07, 6.45) is -2.92. The van der Waals surface area contributed by atoms with E-state index in [1.807, 2.05) is 0 Å². The number of benzene rings is 1. The predicted molar refractivity (Wildman–Crippen MR) is 103 cm³/mol. The molecule has 0 saturated carbocycles. The van der Waals surface area contributed by atoms with Crippen LogP contribution in [0.4, 0.5) is 23.8 Å². The van der Waals surface area contributed by atoms with Crippen LogP contribution in [0.15, 0.2) is 42.6 Å². The van der Waals surface area contributed by atoms with E-state index in [9.17, 15) is 23.1 Å². The summed E-state index contributed by atoms with van der Waals surface area (Å²) in [5.41, 5.74) is 1.55. The monoisotopic (exact) mass is 434 g/mol. The highest BCUT2D eigenvalue weighted by Crippen LogP contribution is 2.28. The second-order valence-electron chi connectivity index (χ2n) is 7.28. The number of nitrogens with zero attached hydrogens (tertiary/aromatic N) is 4. The Morgan fingerprint density at radius 1 is 1.23 bits per heavy atom. The minimum atomic E-state index is -4.77. The van der Waals surface area contributed by atoms with Gasteiger partial charge in [-0.3, -0.25) is 0 Å². The number of carboxylic acid groups (broad SMARTS) is 1. The number of aromatic nitrogens is 3. The summed E-state index contributed by atoms with van der Waals surface area (Å²) in [5.74, 6) is 0.556. The van der Waals surface area contributed by atoms with Crippen LogP contribution in [0.25, 0.3) is 16.9 Å². The van der Waals surface area contributed by atoms with Gasteiger partial charge in [-0.1, -0.05) is 12.1 Å². The molecule has 1 aliphatic rings. The third-order valence-corrected chi connectivity index (χ3v) is 5.17. The van der Waals surface area contributed by atoms with Gasteiger partial charge in [0.1, 0.15) is 17.7 Å². The molecule has 164 valence electrons. The predicted octanol–water partition coefficient (Wildman–Crippen LogP) is 2.76. The number of piperidine rings is 1. The lowest BCUT2D eigenvalue weighted by atomic mass is 9.97. The normalized spacial score (nSPS) is 15.3. The fourth-order valence-corrected chi connectivity index (χ4v) is 3.59. The average molecular weight is 434 g/mol. The summed E-state index contributed by atoms with van der Waals surface area (Å²) in [4.78, 5) is 16.5. The number of amides is 1. The molecule has 1 N–H and O–H groups in total. The van der Waals surface area contributed by atoms with E-state index >= 15 is 0 Å². The number of halogens is 3. The van der Waals surface area contributed by atoms with Crippen LogP contribution in [0.3, 0.4) is 0 Å². The highest BCUT2D eigenvalue weighted by Gasteiger charge is 2.31. The maximum Gasteiger partial charge on any atom is 0.573 e. The minimum absolute atomic E-state index is 0.298. The maximum atomic E-state index is 12.5. The zero-order chi connectivity index (χ0) is 22.0. The van der Waals surface area contributed by atoms with Crippen molar-refractivity contribution in [1.29, 1.82) is 0 Å². The number of rotatable bonds is 5. The number of likely N-dealkylation sites (tertiary alicyclic amines) is 1. The van der Waals surface area contributed by atoms with Gasteiger partial charge in [-0.15, -0.1) is 18.3 Å². The molecule has 0 unspecified atom stereocenters. The molecule has 0 aliphatic carbocycles. The molecule has 0 bridgehead atoms. The number of nitrogens with one attached hydrogen (secondary N) is 1. The second kappa shape index (κ2) is 8.32. The Hall–Kier alpha value is -3.50. The van der Waals surface area contributed by atoms with Crippen molar-refractivity contribution >= 4 is 17.6 Å². The van der Waals surface area contributed by atoms with Gasteiger partial charge < -0.3 is 24.9 Å².